The number of nitrogens with zero attached hydrogens (tertiary/aromatic N) is 2. The van der Waals surface area contributed by atoms with Crippen molar-refractivity contribution in [3.8, 4) is 0 Å². The van der Waals surface area contributed by atoms with E-state index < -0.39 is 0 Å². The average molecular weight is 291 g/mol. The second-order valence-corrected chi connectivity index (χ2v) is 5.57. The summed E-state index contributed by atoms with van der Waals surface area (Å²) in [5.41, 5.74) is 8.63. The van der Waals surface area contributed by atoms with Crippen LogP contribution >= 0.6 is 0 Å². The molecule has 0 radical (unpaired) electrons. The highest BCUT2D eigenvalue weighted by Gasteiger charge is 2.21. The minimum absolute atomic E-state index is 0.154. The van der Waals surface area contributed by atoms with E-state index >= 15 is 0 Å². The van der Waals surface area contributed by atoms with Crippen LogP contribution < -0.4 is 10.6 Å². The molecule has 0 aromatic heterocycles. The van der Waals surface area contributed by atoms with Gasteiger partial charge in [0.15, 0.2) is 5.84 Å². The van der Waals surface area contributed by atoms with Gasteiger partial charge < -0.3 is 20.6 Å². The van der Waals surface area contributed by atoms with E-state index in [9.17, 15) is 0 Å². The number of ether oxygens (including phenoxy) is 1. The number of piperidine rings is 1. The van der Waals surface area contributed by atoms with E-state index in [4.69, 9.17) is 15.7 Å². The van der Waals surface area contributed by atoms with Crippen LogP contribution in [0.1, 0.15) is 37.3 Å². The van der Waals surface area contributed by atoms with Gasteiger partial charge in [-0.15, -0.1) is 0 Å². The van der Waals surface area contributed by atoms with Crippen LogP contribution in [0, 0.1) is 6.92 Å². The van der Waals surface area contributed by atoms with Gasteiger partial charge in [0.05, 0.1) is 6.10 Å². The van der Waals surface area contributed by atoms with Crippen molar-refractivity contribution in [2.75, 3.05) is 24.6 Å². The molecule has 1 unspecified atom stereocenters. The fraction of sp³-hybridized carbons (Fsp3) is 0.562. The molecule has 2 rings (SSSR count). The minimum atomic E-state index is 0.154. The zero-order valence-corrected chi connectivity index (χ0v) is 12.9. The first-order chi connectivity index (χ1) is 10.2. The summed E-state index contributed by atoms with van der Waals surface area (Å²) in [6.45, 7) is 6.93. The van der Waals surface area contributed by atoms with E-state index in [0.717, 1.165) is 50.1 Å². The zero-order valence-electron chi connectivity index (χ0n) is 12.9. The van der Waals surface area contributed by atoms with Crippen LogP contribution in [0.15, 0.2) is 23.4 Å². The lowest BCUT2D eigenvalue weighted by Crippen LogP contribution is -2.39. The Kier molecular flexibility index (Phi) is 5.44. The summed E-state index contributed by atoms with van der Waals surface area (Å²) >= 11 is 0. The molecule has 1 saturated heterocycles. The summed E-state index contributed by atoms with van der Waals surface area (Å²) in [6, 6.07) is 6.04. The Morgan fingerprint density at radius 3 is 3.00 bits per heavy atom. The van der Waals surface area contributed by atoms with E-state index in [1.54, 1.807) is 0 Å². The molecule has 1 aliphatic rings. The lowest BCUT2D eigenvalue weighted by molar-refractivity contribution is 0.0440. The second-order valence-electron chi connectivity index (χ2n) is 5.57. The number of hydrogen-bond acceptors (Lipinski definition) is 4. The largest absolute Gasteiger partial charge is 0.409 e. The predicted octanol–water partition coefficient (Wildman–Crippen LogP) is 2.48. The first kappa shape index (κ1) is 15.6. The molecule has 0 spiro atoms. The van der Waals surface area contributed by atoms with Gasteiger partial charge in [-0.05, 0) is 49.9 Å². The quantitative estimate of drug-likeness (QED) is 0.378. The number of amidine groups is 1. The number of benzene rings is 1. The lowest BCUT2D eigenvalue weighted by Gasteiger charge is -2.34. The maximum atomic E-state index is 8.78. The summed E-state index contributed by atoms with van der Waals surface area (Å²) in [6.07, 6.45) is 3.67. The molecule has 3 N–H and O–H groups in total. The van der Waals surface area contributed by atoms with Gasteiger partial charge >= 0.3 is 0 Å². The summed E-state index contributed by atoms with van der Waals surface area (Å²) in [7, 11) is 0. The van der Waals surface area contributed by atoms with E-state index in [-0.39, 0.29) is 5.84 Å². The van der Waals surface area contributed by atoms with Gasteiger partial charge in [-0.2, -0.15) is 0 Å². The molecule has 0 bridgehead atoms. The first-order valence-corrected chi connectivity index (χ1v) is 7.60. The van der Waals surface area contributed by atoms with E-state index in [0.29, 0.717) is 6.10 Å². The standard InChI is InChI=1S/C16H25N3O2/c1-3-9-21-14-5-4-8-19(11-14)13-6-7-15(12(2)10-13)16(17)18-20/h6-7,10,14,20H,3-5,8-9,11H2,1-2H3,(H2,17,18). The van der Waals surface area contributed by atoms with Crippen molar-refractivity contribution in [3.05, 3.63) is 29.3 Å². The zero-order chi connectivity index (χ0) is 15.2. The highest BCUT2D eigenvalue weighted by atomic mass is 16.5. The Bertz CT molecular complexity index is 502. The van der Waals surface area contributed by atoms with Crippen LogP contribution in [0.3, 0.4) is 0 Å². The van der Waals surface area contributed by atoms with Crippen molar-refractivity contribution in [1.82, 2.24) is 0 Å². The smallest absolute Gasteiger partial charge is 0.170 e. The number of nitrogens with two attached hydrogens (primary N) is 1. The summed E-state index contributed by atoms with van der Waals surface area (Å²) in [5.74, 6) is 0.154. The molecule has 1 aromatic carbocycles. The number of anilines is 1. The van der Waals surface area contributed by atoms with Gasteiger partial charge in [0.2, 0.25) is 0 Å². The third kappa shape index (κ3) is 3.88. The van der Waals surface area contributed by atoms with Gasteiger partial charge in [0.1, 0.15) is 0 Å². The molecule has 1 atom stereocenters. The molecule has 1 aliphatic heterocycles. The molecule has 0 amide bonds. The van der Waals surface area contributed by atoms with Gasteiger partial charge in [-0.25, -0.2) is 0 Å². The van der Waals surface area contributed by atoms with Crippen LogP contribution in [-0.2, 0) is 4.74 Å². The predicted molar refractivity (Wildman–Crippen MR) is 85.2 cm³/mol. The lowest BCUT2D eigenvalue weighted by atomic mass is 10.0. The fourth-order valence-corrected chi connectivity index (χ4v) is 2.78. The Balaban J connectivity index is 2.09. The maximum Gasteiger partial charge on any atom is 0.170 e. The SMILES string of the molecule is CCCOC1CCCN(c2ccc(/C(N)=N/O)c(C)c2)C1. The van der Waals surface area contributed by atoms with Crippen LogP contribution in [-0.4, -0.2) is 36.8 Å². The Labute approximate surface area is 126 Å². The molecule has 0 aliphatic carbocycles. The van der Waals surface area contributed by atoms with Gasteiger partial charge in [-0.3, -0.25) is 0 Å². The van der Waals surface area contributed by atoms with Crippen molar-refractivity contribution >= 4 is 11.5 Å². The average Bonchev–Trinajstić information content (AvgIpc) is 2.52. The molecule has 21 heavy (non-hydrogen) atoms. The Hall–Kier alpha value is -1.75. The van der Waals surface area contributed by atoms with Crippen molar-refractivity contribution in [2.24, 2.45) is 10.9 Å². The summed E-state index contributed by atoms with van der Waals surface area (Å²) < 4.78 is 5.88. The molecule has 116 valence electrons. The molecular formula is C16H25N3O2. The highest BCUT2D eigenvalue weighted by molar-refractivity contribution is 5.98. The third-order valence-corrected chi connectivity index (χ3v) is 3.89. The van der Waals surface area contributed by atoms with E-state index in [1.165, 1.54) is 5.69 Å². The van der Waals surface area contributed by atoms with Crippen LogP contribution in [0.25, 0.3) is 0 Å². The summed E-state index contributed by atoms with van der Waals surface area (Å²) in [4.78, 5) is 2.35. The van der Waals surface area contributed by atoms with E-state index in [1.807, 2.05) is 19.1 Å². The van der Waals surface area contributed by atoms with Crippen molar-refractivity contribution in [3.63, 3.8) is 0 Å². The van der Waals surface area contributed by atoms with Gasteiger partial charge in [0, 0.05) is 30.9 Å². The molecule has 1 fully saturated rings. The molecule has 1 aromatic rings. The molecule has 0 saturated carbocycles. The van der Waals surface area contributed by atoms with Crippen molar-refractivity contribution < 1.29 is 9.94 Å². The van der Waals surface area contributed by atoms with E-state index in [2.05, 4.69) is 23.0 Å². The number of aryl methyl sites for hydroxylation is 1. The monoisotopic (exact) mass is 291 g/mol. The van der Waals surface area contributed by atoms with Crippen LogP contribution in [0.4, 0.5) is 5.69 Å². The van der Waals surface area contributed by atoms with Crippen LogP contribution in [0.5, 0.6) is 0 Å². The van der Waals surface area contributed by atoms with Crippen LogP contribution in [0.2, 0.25) is 0 Å². The number of rotatable bonds is 5. The highest BCUT2D eigenvalue weighted by Crippen LogP contribution is 2.24. The molecule has 1 heterocycles. The van der Waals surface area contributed by atoms with Gasteiger partial charge in [0.25, 0.3) is 0 Å². The Morgan fingerprint density at radius 1 is 1.52 bits per heavy atom. The normalized spacial score (nSPS) is 19.8. The Morgan fingerprint density at radius 2 is 2.33 bits per heavy atom. The second kappa shape index (κ2) is 7.31. The summed E-state index contributed by atoms with van der Waals surface area (Å²) in [5, 5.41) is 11.9. The third-order valence-electron chi connectivity index (χ3n) is 3.89. The molecular weight excluding hydrogens is 266 g/mol. The molecule has 5 heteroatoms. The van der Waals surface area contributed by atoms with Gasteiger partial charge in [-0.1, -0.05) is 12.1 Å². The number of oxime groups is 1. The first-order valence-electron chi connectivity index (χ1n) is 7.60. The van der Waals surface area contributed by atoms with Crippen molar-refractivity contribution in [2.45, 2.75) is 39.2 Å². The molecule has 5 nitrogen and oxygen atoms in total. The minimum Gasteiger partial charge on any atom is -0.409 e. The maximum absolute atomic E-state index is 8.78. The fourth-order valence-electron chi connectivity index (χ4n) is 2.78. The number of hydrogen-bond donors (Lipinski definition) is 2. The topological polar surface area (TPSA) is 71.1 Å². The van der Waals surface area contributed by atoms with Crippen molar-refractivity contribution in [1.29, 1.82) is 0 Å².